The standard InChI is InChI=1S/C10H13BrN2O3/c1-7(6-14)12-5-8-2-3-9(11)4-10(8)13(15)16/h2-4,7,12,14H,5-6H2,1H3/t7-/m1/s1. The van der Waals surface area contributed by atoms with E-state index in [1.54, 1.807) is 12.1 Å². The van der Waals surface area contributed by atoms with E-state index in [2.05, 4.69) is 21.2 Å². The number of nitrogens with zero attached hydrogens (tertiary/aromatic N) is 1. The Labute approximate surface area is 102 Å². The second kappa shape index (κ2) is 5.93. The van der Waals surface area contributed by atoms with Crippen LogP contribution in [-0.4, -0.2) is 22.7 Å². The van der Waals surface area contributed by atoms with E-state index in [-0.39, 0.29) is 18.3 Å². The fraction of sp³-hybridized carbons (Fsp3) is 0.400. The molecule has 0 unspecified atom stereocenters. The number of aliphatic hydroxyl groups excluding tert-OH is 1. The van der Waals surface area contributed by atoms with Gasteiger partial charge in [0.1, 0.15) is 0 Å². The van der Waals surface area contributed by atoms with Gasteiger partial charge in [-0.15, -0.1) is 0 Å². The molecule has 0 spiro atoms. The molecular formula is C10H13BrN2O3. The highest BCUT2D eigenvalue weighted by atomic mass is 79.9. The Balaban J connectivity index is 2.82. The number of nitro benzene ring substituents is 1. The average Bonchev–Trinajstić information content (AvgIpc) is 2.26. The van der Waals surface area contributed by atoms with Gasteiger partial charge in [-0.25, -0.2) is 0 Å². The van der Waals surface area contributed by atoms with Gasteiger partial charge >= 0.3 is 0 Å². The fourth-order valence-corrected chi connectivity index (χ4v) is 1.55. The lowest BCUT2D eigenvalue weighted by atomic mass is 10.1. The molecule has 0 fully saturated rings. The molecule has 0 aliphatic heterocycles. The van der Waals surface area contributed by atoms with Crippen LogP contribution in [0.1, 0.15) is 12.5 Å². The molecule has 0 radical (unpaired) electrons. The molecule has 16 heavy (non-hydrogen) atoms. The third-order valence-corrected chi connectivity index (χ3v) is 2.65. The number of hydrogen-bond acceptors (Lipinski definition) is 4. The quantitative estimate of drug-likeness (QED) is 0.640. The van der Waals surface area contributed by atoms with Crippen LogP contribution in [0.5, 0.6) is 0 Å². The number of nitro groups is 1. The number of halogens is 1. The summed E-state index contributed by atoms with van der Waals surface area (Å²) in [6.45, 7) is 2.18. The maximum absolute atomic E-state index is 10.8. The lowest BCUT2D eigenvalue weighted by Gasteiger charge is -2.10. The van der Waals surface area contributed by atoms with Crippen LogP contribution in [0.3, 0.4) is 0 Å². The number of hydrogen-bond donors (Lipinski definition) is 2. The van der Waals surface area contributed by atoms with Gasteiger partial charge in [0.2, 0.25) is 0 Å². The van der Waals surface area contributed by atoms with Crippen molar-refractivity contribution in [2.45, 2.75) is 19.5 Å². The van der Waals surface area contributed by atoms with Gasteiger partial charge < -0.3 is 10.4 Å². The van der Waals surface area contributed by atoms with E-state index in [1.165, 1.54) is 6.07 Å². The number of nitrogens with one attached hydrogen (secondary N) is 1. The summed E-state index contributed by atoms with van der Waals surface area (Å²) in [5, 5.41) is 22.6. The van der Waals surface area contributed by atoms with Gasteiger partial charge in [-0.3, -0.25) is 10.1 Å². The Morgan fingerprint density at radius 1 is 1.62 bits per heavy atom. The third kappa shape index (κ3) is 3.55. The first-order chi connectivity index (χ1) is 7.54. The SMILES string of the molecule is C[C@H](CO)NCc1ccc(Br)cc1[N+](=O)[O-]. The number of benzene rings is 1. The van der Waals surface area contributed by atoms with Crippen LogP contribution in [-0.2, 0) is 6.54 Å². The predicted octanol–water partition coefficient (Wildman–Crippen LogP) is 1.83. The van der Waals surface area contributed by atoms with Gasteiger partial charge in [0.25, 0.3) is 5.69 Å². The minimum absolute atomic E-state index is 0.00429. The van der Waals surface area contributed by atoms with Gasteiger partial charge in [0.05, 0.1) is 11.5 Å². The van der Waals surface area contributed by atoms with Crippen molar-refractivity contribution >= 4 is 21.6 Å². The van der Waals surface area contributed by atoms with Crippen molar-refractivity contribution in [2.24, 2.45) is 0 Å². The molecule has 1 atom stereocenters. The van der Waals surface area contributed by atoms with Gasteiger partial charge in [-0.2, -0.15) is 0 Å². The second-order valence-corrected chi connectivity index (χ2v) is 4.41. The van der Waals surface area contributed by atoms with Gasteiger partial charge in [0.15, 0.2) is 0 Å². The molecule has 1 aromatic carbocycles. The minimum Gasteiger partial charge on any atom is -0.395 e. The van der Waals surface area contributed by atoms with Crippen molar-refractivity contribution in [3.8, 4) is 0 Å². The van der Waals surface area contributed by atoms with E-state index < -0.39 is 4.92 Å². The van der Waals surface area contributed by atoms with Crippen LogP contribution in [0.4, 0.5) is 5.69 Å². The van der Waals surface area contributed by atoms with Crippen molar-refractivity contribution in [1.29, 1.82) is 0 Å². The summed E-state index contributed by atoms with van der Waals surface area (Å²) in [5.41, 5.74) is 0.681. The monoisotopic (exact) mass is 288 g/mol. The molecule has 6 heteroatoms. The molecule has 1 aromatic rings. The van der Waals surface area contributed by atoms with Crippen molar-refractivity contribution in [3.05, 3.63) is 38.3 Å². The zero-order chi connectivity index (χ0) is 12.1. The first kappa shape index (κ1) is 13.1. The topological polar surface area (TPSA) is 75.4 Å². The molecule has 1 rings (SSSR count). The Morgan fingerprint density at radius 2 is 2.31 bits per heavy atom. The normalized spacial score (nSPS) is 12.4. The molecule has 0 bridgehead atoms. The molecule has 0 saturated carbocycles. The predicted molar refractivity (Wildman–Crippen MR) is 64.2 cm³/mol. The number of rotatable bonds is 5. The molecule has 88 valence electrons. The van der Waals surface area contributed by atoms with Crippen molar-refractivity contribution in [3.63, 3.8) is 0 Å². The van der Waals surface area contributed by atoms with Crippen LogP contribution < -0.4 is 5.32 Å². The smallest absolute Gasteiger partial charge is 0.275 e. The van der Waals surface area contributed by atoms with Crippen molar-refractivity contribution in [2.75, 3.05) is 6.61 Å². The molecule has 0 amide bonds. The Hall–Kier alpha value is -0.980. The Kier molecular flexibility index (Phi) is 4.85. The van der Waals surface area contributed by atoms with E-state index in [1.807, 2.05) is 6.92 Å². The van der Waals surface area contributed by atoms with Gasteiger partial charge in [-0.05, 0) is 19.1 Å². The van der Waals surface area contributed by atoms with Gasteiger partial charge in [-0.1, -0.05) is 15.9 Å². The maximum Gasteiger partial charge on any atom is 0.275 e. The minimum atomic E-state index is -0.411. The lowest BCUT2D eigenvalue weighted by molar-refractivity contribution is -0.385. The Bertz CT molecular complexity index is 384. The van der Waals surface area contributed by atoms with Crippen molar-refractivity contribution in [1.82, 2.24) is 5.32 Å². The third-order valence-electron chi connectivity index (χ3n) is 2.16. The lowest BCUT2D eigenvalue weighted by Crippen LogP contribution is -2.28. The molecule has 0 aliphatic rings. The number of aliphatic hydroxyl groups is 1. The summed E-state index contributed by atoms with van der Waals surface area (Å²) < 4.78 is 0.679. The summed E-state index contributed by atoms with van der Waals surface area (Å²) in [4.78, 5) is 10.4. The van der Waals surface area contributed by atoms with Crippen LogP contribution in [0.15, 0.2) is 22.7 Å². The molecule has 0 aliphatic carbocycles. The molecule has 5 nitrogen and oxygen atoms in total. The van der Waals surface area contributed by atoms with Crippen LogP contribution >= 0.6 is 15.9 Å². The molecule has 0 heterocycles. The highest BCUT2D eigenvalue weighted by Gasteiger charge is 2.14. The zero-order valence-corrected chi connectivity index (χ0v) is 10.4. The van der Waals surface area contributed by atoms with E-state index in [9.17, 15) is 10.1 Å². The van der Waals surface area contributed by atoms with E-state index >= 15 is 0 Å². The summed E-state index contributed by atoms with van der Waals surface area (Å²) in [6.07, 6.45) is 0. The van der Waals surface area contributed by atoms with Crippen LogP contribution in [0, 0.1) is 10.1 Å². The van der Waals surface area contributed by atoms with Crippen LogP contribution in [0.2, 0.25) is 0 Å². The fourth-order valence-electron chi connectivity index (χ4n) is 1.21. The van der Waals surface area contributed by atoms with Crippen LogP contribution in [0.25, 0.3) is 0 Å². The van der Waals surface area contributed by atoms with E-state index in [0.29, 0.717) is 16.6 Å². The molecular weight excluding hydrogens is 276 g/mol. The van der Waals surface area contributed by atoms with Crippen molar-refractivity contribution < 1.29 is 10.0 Å². The summed E-state index contributed by atoms with van der Waals surface area (Å²) >= 11 is 3.19. The first-order valence-corrected chi connectivity index (χ1v) is 5.61. The largest absolute Gasteiger partial charge is 0.395 e. The highest BCUT2D eigenvalue weighted by Crippen LogP contribution is 2.23. The zero-order valence-electron chi connectivity index (χ0n) is 8.81. The Morgan fingerprint density at radius 3 is 2.88 bits per heavy atom. The summed E-state index contributed by atoms with van der Waals surface area (Å²) in [6, 6.07) is 4.84. The highest BCUT2D eigenvalue weighted by molar-refractivity contribution is 9.10. The average molecular weight is 289 g/mol. The maximum atomic E-state index is 10.8. The summed E-state index contributed by atoms with van der Waals surface area (Å²) in [5.74, 6) is 0. The second-order valence-electron chi connectivity index (χ2n) is 3.49. The van der Waals surface area contributed by atoms with E-state index in [4.69, 9.17) is 5.11 Å². The van der Waals surface area contributed by atoms with E-state index in [0.717, 1.165) is 0 Å². The molecule has 0 aromatic heterocycles. The molecule has 0 saturated heterocycles. The van der Waals surface area contributed by atoms with Gasteiger partial charge in [0, 0.05) is 28.7 Å². The summed E-state index contributed by atoms with van der Waals surface area (Å²) in [7, 11) is 0. The molecule has 2 N–H and O–H groups in total. The first-order valence-electron chi connectivity index (χ1n) is 4.81.